The SMILES string of the molecule is CCCCCC(C=CC1C(OC2CCCCO2)CC(O)C1CCCCCCC(=O)O)CC1CCCCO1. The zero-order valence-corrected chi connectivity index (χ0v) is 23.4. The Morgan fingerprint density at radius 1 is 1.00 bits per heavy atom. The van der Waals surface area contributed by atoms with E-state index in [-0.39, 0.29) is 36.8 Å². The second-order valence-electron chi connectivity index (χ2n) is 11.7. The topological polar surface area (TPSA) is 85.2 Å². The van der Waals surface area contributed by atoms with E-state index in [1.807, 2.05) is 0 Å². The molecule has 7 unspecified atom stereocenters. The van der Waals surface area contributed by atoms with E-state index in [1.165, 1.54) is 44.9 Å². The van der Waals surface area contributed by atoms with Gasteiger partial charge in [0.15, 0.2) is 6.29 Å². The van der Waals surface area contributed by atoms with Crippen LogP contribution in [0, 0.1) is 17.8 Å². The largest absolute Gasteiger partial charge is 0.481 e. The summed E-state index contributed by atoms with van der Waals surface area (Å²) in [7, 11) is 0. The predicted molar refractivity (Wildman–Crippen MR) is 146 cm³/mol. The van der Waals surface area contributed by atoms with E-state index in [1.54, 1.807) is 0 Å². The number of aliphatic hydroxyl groups excluding tert-OH is 1. The van der Waals surface area contributed by atoms with Crippen LogP contribution in [0.4, 0.5) is 0 Å². The minimum absolute atomic E-state index is 0.00594. The first kappa shape index (κ1) is 30.6. The normalized spacial score (nSPS) is 31.6. The van der Waals surface area contributed by atoms with Gasteiger partial charge in [0.25, 0.3) is 0 Å². The van der Waals surface area contributed by atoms with Gasteiger partial charge in [-0.25, -0.2) is 0 Å². The first-order chi connectivity index (χ1) is 18.1. The Kier molecular flexibility index (Phi) is 14.6. The Morgan fingerprint density at radius 3 is 2.49 bits per heavy atom. The summed E-state index contributed by atoms with van der Waals surface area (Å²) in [6.07, 6.45) is 23.2. The van der Waals surface area contributed by atoms with Gasteiger partial charge in [-0.15, -0.1) is 0 Å². The quantitative estimate of drug-likeness (QED) is 0.157. The van der Waals surface area contributed by atoms with Crippen LogP contribution >= 0.6 is 0 Å². The molecule has 0 aromatic carbocycles. The molecule has 3 rings (SSSR count). The van der Waals surface area contributed by atoms with Crippen LogP contribution in [0.25, 0.3) is 0 Å². The van der Waals surface area contributed by atoms with Crippen LogP contribution in [0.3, 0.4) is 0 Å². The Hall–Kier alpha value is -0.950. The van der Waals surface area contributed by atoms with Gasteiger partial charge in [0.1, 0.15) is 0 Å². The highest BCUT2D eigenvalue weighted by molar-refractivity contribution is 5.66. The lowest BCUT2D eigenvalue weighted by Crippen LogP contribution is -2.30. The van der Waals surface area contributed by atoms with E-state index in [0.717, 1.165) is 71.0 Å². The molecule has 0 amide bonds. The smallest absolute Gasteiger partial charge is 0.303 e. The Balaban J connectivity index is 1.63. The molecule has 0 aromatic rings. The molecule has 3 fully saturated rings. The van der Waals surface area contributed by atoms with Crippen molar-refractivity contribution in [3.63, 3.8) is 0 Å². The Labute approximate surface area is 225 Å². The molecule has 214 valence electrons. The maximum absolute atomic E-state index is 11.1. The number of rotatable bonds is 17. The molecule has 7 atom stereocenters. The Morgan fingerprint density at radius 2 is 1.78 bits per heavy atom. The minimum Gasteiger partial charge on any atom is -0.481 e. The second-order valence-corrected chi connectivity index (χ2v) is 11.7. The average Bonchev–Trinajstić information content (AvgIpc) is 3.19. The number of aliphatic hydroxyl groups is 1. The van der Waals surface area contributed by atoms with E-state index in [4.69, 9.17) is 19.3 Å². The third-order valence-electron chi connectivity index (χ3n) is 8.66. The van der Waals surface area contributed by atoms with Crippen molar-refractivity contribution in [2.45, 2.75) is 147 Å². The molecule has 2 saturated heterocycles. The summed E-state index contributed by atoms with van der Waals surface area (Å²) in [5.41, 5.74) is 0. The maximum Gasteiger partial charge on any atom is 0.303 e. The lowest BCUT2D eigenvalue weighted by molar-refractivity contribution is -0.193. The van der Waals surface area contributed by atoms with Crippen molar-refractivity contribution in [2.24, 2.45) is 17.8 Å². The van der Waals surface area contributed by atoms with E-state index >= 15 is 0 Å². The van der Waals surface area contributed by atoms with Gasteiger partial charge in [-0.05, 0) is 76.0 Å². The number of aliphatic carboxylic acids is 1. The molecular weight excluding hydrogens is 468 g/mol. The molecule has 2 aliphatic heterocycles. The van der Waals surface area contributed by atoms with Gasteiger partial charge in [0, 0.05) is 32.0 Å². The molecule has 0 bridgehead atoms. The van der Waals surface area contributed by atoms with Gasteiger partial charge in [0.05, 0.1) is 18.3 Å². The Bertz CT molecular complexity index is 640. The number of carboxylic acids is 1. The second kappa shape index (κ2) is 17.6. The monoisotopic (exact) mass is 522 g/mol. The summed E-state index contributed by atoms with van der Waals surface area (Å²) in [5.74, 6) is 0.177. The summed E-state index contributed by atoms with van der Waals surface area (Å²) in [4.78, 5) is 10.8. The molecule has 37 heavy (non-hydrogen) atoms. The van der Waals surface area contributed by atoms with Gasteiger partial charge >= 0.3 is 5.97 Å². The average molecular weight is 523 g/mol. The van der Waals surface area contributed by atoms with Crippen LogP contribution in [0.15, 0.2) is 12.2 Å². The fourth-order valence-electron chi connectivity index (χ4n) is 6.49. The molecule has 2 N–H and O–H groups in total. The highest BCUT2D eigenvalue weighted by atomic mass is 16.7. The fraction of sp³-hybridized carbons (Fsp3) is 0.903. The molecule has 1 saturated carbocycles. The van der Waals surface area contributed by atoms with Gasteiger partial charge in [-0.3, -0.25) is 4.79 Å². The number of hydrogen-bond donors (Lipinski definition) is 2. The zero-order valence-electron chi connectivity index (χ0n) is 23.4. The predicted octanol–water partition coefficient (Wildman–Crippen LogP) is 7.03. The third kappa shape index (κ3) is 11.4. The lowest BCUT2D eigenvalue weighted by atomic mass is 9.85. The van der Waals surface area contributed by atoms with Crippen LogP contribution in [0.5, 0.6) is 0 Å². The molecule has 3 aliphatic rings. The summed E-state index contributed by atoms with van der Waals surface area (Å²) in [5, 5.41) is 20.0. The molecule has 1 aliphatic carbocycles. The molecule has 0 aromatic heterocycles. The molecule has 0 spiro atoms. The molecule has 2 heterocycles. The first-order valence-electron chi connectivity index (χ1n) is 15.5. The van der Waals surface area contributed by atoms with Crippen LogP contribution in [-0.2, 0) is 19.0 Å². The van der Waals surface area contributed by atoms with Crippen molar-refractivity contribution in [3.8, 4) is 0 Å². The molecule has 6 nitrogen and oxygen atoms in total. The van der Waals surface area contributed by atoms with Crippen molar-refractivity contribution >= 4 is 5.97 Å². The maximum atomic E-state index is 11.1. The summed E-state index contributed by atoms with van der Waals surface area (Å²) in [6, 6.07) is 0. The number of unbranched alkanes of at least 4 members (excludes halogenated alkanes) is 5. The van der Waals surface area contributed by atoms with Crippen molar-refractivity contribution < 1.29 is 29.2 Å². The van der Waals surface area contributed by atoms with Crippen molar-refractivity contribution in [3.05, 3.63) is 12.2 Å². The first-order valence-corrected chi connectivity index (χ1v) is 15.5. The highest BCUT2D eigenvalue weighted by Gasteiger charge is 2.42. The molecule has 6 heteroatoms. The lowest BCUT2D eigenvalue weighted by Gasteiger charge is -2.30. The minimum atomic E-state index is -0.714. The number of ether oxygens (including phenoxy) is 3. The molecular formula is C31H54O6. The van der Waals surface area contributed by atoms with Crippen molar-refractivity contribution in [2.75, 3.05) is 13.2 Å². The summed E-state index contributed by atoms with van der Waals surface area (Å²) < 4.78 is 18.5. The number of allylic oxidation sites excluding steroid dienone is 1. The molecule has 0 radical (unpaired) electrons. The standard InChI is InChI=1S/C31H54O6/c1-2-3-6-13-24(22-25-14-9-11-20-35-25)18-19-27-26(15-7-4-5-8-16-30(33)34)28(32)23-29(27)37-31-17-10-12-21-36-31/h18-19,24-29,31-32H,2-17,20-23H2,1H3,(H,33,34). The number of carboxylic acid groups (broad SMARTS) is 1. The van der Waals surface area contributed by atoms with E-state index in [9.17, 15) is 9.90 Å². The van der Waals surface area contributed by atoms with Crippen LogP contribution in [-0.4, -0.2) is 54.0 Å². The van der Waals surface area contributed by atoms with Crippen LogP contribution in [0.2, 0.25) is 0 Å². The van der Waals surface area contributed by atoms with Gasteiger partial charge in [0.2, 0.25) is 0 Å². The summed E-state index contributed by atoms with van der Waals surface area (Å²) in [6.45, 7) is 3.92. The zero-order chi connectivity index (χ0) is 26.3. The van der Waals surface area contributed by atoms with Crippen LogP contribution in [0.1, 0.15) is 122 Å². The third-order valence-corrected chi connectivity index (χ3v) is 8.66. The van der Waals surface area contributed by atoms with E-state index in [0.29, 0.717) is 18.4 Å². The van der Waals surface area contributed by atoms with Crippen molar-refractivity contribution in [1.82, 2.24) is 0 Å². The number of hydrogen-bond acceptors (Lipinski definition) is 5. The van der Waals surface area contributed by atoms with Gasteiger partial charge < -0.3 is 24.4 Å². The highest BCUT2D eigenvalue weighted by Crippen LogP contribution is 2.40. The van der Waals surface area contributed by atoms with E-state index < -0.39 is 5.97 Å². The van der Waals surface area contributed by atoms with Gasteiger partial charge in [-0.2, -0.15) is 0 Å². The fourth-order valence-corrected chi connectivity index (χ4v) is 6.49. The van der Waals surface area contributed by atoms with E-state index in [2.05, 4.69) is 19.1 Å². The van der Waals surface area contributed by atoms with Crippen molar-refractivity contribution in [1.29, 1.82) is 0 Å². The van der Waals surface area contributed by atoms with Crippen LogP contribution < -0.4 is 0 Å². The number of carbonyl (C=O) groups is 1. The summed E-state index contributed by atoms with van der Waals surface area (Å²) >= 11 is 0. The van der Waals surface area contributed by atoms with Gasteiger partial charge in [-0.1, -0.05) is 57.6 Å².